The van der Waals surface area contributed by atoms with Crippen molar-refractivity contribution in [1.82, 2.24) is 9.97 Å². The maximum atomic E-state index is 13.5. The van der Waals surface area contributed by atoms with E-state index in [2.05, 4.69) is 9.97 Å². The third-order valence-corrected chi connectivity index (χ3v) is 4.91. The Morgan fingerprint density at radius 1 is 0.889 bits per heavy atom. The summed E-state index contributed by atoms with van der Waals surface area (Å²) in [6.45, 7) is 5.95. The zero-order valence-electron chi connectivity index (χ0n) is 16.4. The molecule has 2 aromatic rings. The van der Waals surface area contributed by atoms with Crippen LogP contribution in [0.5, 0.6) is 11.8 Å². The molecule has 0 spiro atoms. The highest BCUT2D eigenvalue weighted by Crippen LogP contribution is 2.36. The van der Waals surface area contributed by atoms with Gasteiger partial charge in [-0.05, 0) is 30.9 Å². The summed E-state index contributed by atoms with van der Waals surface area (Å²) in [5.41, 5.74) is 3.47. The van der Waals surface area contributed by atoms with Crippen LogP contribution in [0.15, 0.2) is 6.07 Å². The monoisotopic (exact) mass is 368 g/mol. The SMILES string of the molecule is CCCc1cc(OC)nc2c1C(=O)c1c(nc(OC)c(C)c1CCC)C2=O. The number of pyridine rings is 2. The topological polar surface area (TPSA) is 78.4 Å². The number of ketones is 2. The lowest BCUT2D eigenvalue weighted by Gasteiger charge is -2.23. The second-order valence-corrected chi connectivity index (χ2v) is 6.65. The molecule has 1 aliphatic rings. The first-order valence-electron chi connectivity index (χ1n) is 9.23. The van der Waals surface area contributed by atoms with E-state index in [1.807, 2.05) is 20.8 Å². The van der Waals surface area contributed by atoms with Crippen molar-refractivity contribution >= 4 is 11.6 Å². The standard InChI is InChI=1S/C21H24N2O4/c1-6-8-12-10-14(26-4)22-17-15(12)19(24)16-13(9-7-2)11(3)21(27-5)23-18(16)20(17)25/h10H,6-9H2,1-5H3. The maximum Gasteiger partial charge on any atom is 0.231 e. The Morgan fingerprint density at radius 2 is 1.56 bits per heavy atom. The van der Waals surface area contributed by atoms with Gasteiger partial charge in [0.25, 0.3) is 0 Å². The molecule has 0 saturated carbocycles. The fraction of sp³-hybridized carbons (Fsp3) is 0.429. The van der Waals surface area contributed by atoms with Gasteiger partial charge in [-0.1, -0.05) is 26.7 Å². The first kappa shape index (κ1) is 19.0. The summed E-state index contributed by atoms with van der Waals surface area (Å²) in [4.78, 5) is 35.4. The van der Waals surface area contributed by atoms with Crippen LogP contribution < -0.4 is 9.47 Å². The Morgan fingerprint density at radius 3 is 2.15 bits per heavy atom. The van der Waals surface area contributed by atoms with Gasteiger partial charge in [-0.15, -0.1) is 0 Å². The van der Waals surface area contributed by atoms with Crippen LogP contribution >= 0.6 is 0 Å². The number of rotatable bonds is 6. The fourth-order valence-corrected chi connectivity index (χ4v) is 3.67. The molecule has 2 aromatic heterocycles. The number of carbonyl (C=O) groups is 2. The second-order valence-electron chi connectivity index (χ2n) is 6.65. The van der Waals surface area contributed by atoms with Crippen molar-refractivity contribution in [3.05, 3.63) is 45.3 Å². The van der Waals surface area contributed by atoms with Gasteiger partial charge in [-0.2, -0.15) is 0 Å². The summed E-state index contributed by atoms with van der Waals surface area (Å²) in [5, 5.41) is 0. The van der Waals surface area contributed by atoms with Crippen molar-refractivity contribution in [2.45, 2.75) is 46.5 Å². The van der Waals surface area contributed by atoms with Crippen molar-refractivity contribution in [3.63, 3.8) is 0 Å². The second kappa shape index (κ2) is 7.47. The van der Waals surface area contributed by atoms with Crippen molar-refractivity contribution < 1.29 is 19.1 Å². The van der Waals surface area contributed by atoms with Gasteiger partial charge in [0.2, 0.25) is 17.5 Å². The lowest BCUT2D eigenvalue weighted by Crippen LogP contribution is -2.28. The average molecular weight is 368 g/mol. The van der Waals surface area contributed by atoms with Crippen LogP contribution in [0.2, 0.25) is 0 Å². The van der Waals surface area contributed by atoms with Gasteiger partial charge >= 0.3 is 0 Å². The Hall–Kier alpha value is -2.76. The van der Waals surface area contributed by atoms with Crippen LogP contribution in [-0.2, 0) is 12.8 Å². The van der Waals surface area contributed by atoms with Crippen LogP contribution in [0.25, 0.3) is 0 Å². The van der Waals surface area contributed by atoms with Crippen molar-refractivity contribution in [1.29, 1.82) is 0 Å². The number of carbonyl (C=O) groups excluding carboxylic acids is 2. The number of aromatic nitrogens is 2. The summed E-state index contributed by atoms with van der Waals surface area (Å²) >= 11 is 0. The third-order valence-electron chi connectivity index (χ3n) is 4.91. The molecule has 1 aliphatic carbocycles. The predicted molar refractivity (Wildman–Crippen MR) is 101 cm³/mol. The number of hydrogen-bond donors (Lipinski definition) is 0. The molecule has 0 amide bonds. The molecule has 0 saturated heterocycles. The Bertz CT molecular complexity index is 935. The largest absolute Gasteiger partial charge is 0.481 e. The molecule has 27 heavy (non-hydrogen) atoms. The Labute approximate surface area is 158 Å². The van der Waals surface area contributed by atoms with Gasteiger partial charge in [0, 0.05) is 11.6 Å². The number of fused-ring (bicyclic) bond motifs is 2. The van der Waals surface area contributed by atoms with E-state index in [9.17, 15) is 9.59 Å². The summed E-state index contributed by atoms with van der Waals surface area (Å²) < 4.78 is 10.6. The summed E-state index contributed by atoms with van der Waals surface area (Å²) in [6.07, 6.45) is 3.03. The minimum Gasteiger partial charge on any atom is -0.481 e. The van der Waals surface area contributed by atoms with Gasteiger partial charge in [-0.3, -0.25) is 9.59 Å². The highest BCUT2D eigenvalue weighted by Gasteiger charge is 2.37. The lowest BCUT2D eigenvalue weighted by molar-refractivity contribution is 0.0968. The van der Waals surface area contributed by atoms with Crippen LogP contribution in [-0.4, -0.2) is 35.8 Å². The Balaban J connectivity index is 2.34. The lowest BCUT2D eigenvalue weighted by atomic mass is 9.82. The average Bonchev–Trinajstić information content (AvgIpc) is 2.67. The van der Waals surface area contributed by atoms with Crippen molar-refractivity contribution in [3.8, 4) is 11.8 Å². The quantitative estimate of drug-likeness (QED) is 0.663. The van der Waals surface area contributed by atoms with Gasteiger partial charge in [0.1, 0.15) is 11.4 Å². The van der Waals surface area contributed by atoms with E-state index in [-0.39, 0.29) is 23.0 Å². The van der Waals surface area contributed by atoms with Crippen LogP contribution in [0, 0.1) is 6.92 Å². The molecular weight excluding hydrogens is 344 g/mol. The summed E-state index contributed by atoms with van der Waals surface area (Å²) in [5.74, 6) is 0.166. The maximum absolute atomic E-state index is 13.5. The molecule has 0 radical (unpaired) electrons. The first-order chi connectivity index (χ1) is 13.0. The molecule has 6 nitrogen and oxygen atoms in total. The molecule has 0 fully saturated rings. The minimum atomic E-state index is -0.355. The van der Waals surface area contributed by atoms with E-state index >= 15 is 0 Å². The molecule has 2 heterocycles. The van der Waals surface area contributed by atoms with Gasteiger partial charge in [0.15, 0.2) is 5.78 Å². The summed E-state index contributed by atoms with van der Waals surface area (Å²) in [6, 6.07) is 1.75. The number of ether oxygens (including phenoxy) is 2. The predicted octanol–water partition coefficient (Wildman–Crippen LogP) is 3.48. The first-order valence-corrected chi connectivity index (χ1v) is 9.23. The molecule has 0 N–H and O–H groups in total. The molecule has 0 unspecified atom stereocenters. The van der Waals surface area contributed by atoms with Crippen LogP contribution in [0.4, 0.5) is 0 Å². The smallest absolute Gasteiger partial charge is 0.231 e. The molecule has 0 bridgehead atoms. The number of hydrogen-bond acceptors (Lipinski definition) is 6. The number of aryl methyl sites for hydroxylation is 1. The normalized spacial score (nSPS) is 12.6. The van der Waals surface area contributed by atoms with Gasteiger partial charge in [0.05, 0.1) is 25.3 Å². The van der Waals surface area contributed by atoms with Gasteiger partial charge in [-0.25, -0.2) is 9.97 Å². The Kier molecular flexibility index (Phi) is 5.26. The molecule has 142 valence electrons. The van der Waals surface area contributed by atoms with E-state index < -0.39 is 0 Å². The van der Waals surface area contributed by atoms with Crippen molar-refractivity contribution in [2.24, 2.45) is 0 Å². The fourth-order valence-electron chi connectivity index (χ4n) is 3.67. The zero-order chi connectivity index (χ0) is 19.7. The van der Waals surface area contributed by atoms with E-state index in [4.69, 9.17) is 9.47 Å². The van der Waals surface area contributed by atoms with Crippen LogP contribution in [0.1, 0.15) is 75.5 Å². The molecule has 0 aromatic carbocycles. The van der Waals surface area contributed by atoms with Gasteiger partial charge < -0.3 is 9.47 Å². The number of nitrogens with zero attached hydrogens (tertiary/aromatic N) is 2. The molecule has 0 atom stereocenters. The highest BCUT2D eigenvalue weighted by molar-refractivity contribution is 6.28. The minimum absolute atomic E-state index is 0.121. The zero-order valence-corrected chi connectivity index (χ0v) is 16.4. The number of methoxy groups -OCH3 is 2. The molecule has 3 rings (SSSR count). The van der Waals surface area contributed by atoms with E-state index in [0.29, 0.717) is 35.7 Å². The molecule has 0 aliphatic heterocycles. The van der Waals surface area contributed by atoms with Crippen LogP contribution in [0.3, 0.4) is 0 Å². The summed E-state index contributed by atoms with van der Waals surface area (Å²) in [7, 11) is 3.01. The third kappa shape index (κ3) is 2.99. The van der Waals surface area contributed by atoms with E-state index in [1.165, 1.54) is 14.2 Å². The molecular formula is C21H24N2O4. The highest BCUT2D eigenvalue weighted by atomic mass is 16.5. The molecule has 6 heteroatoms. The van der Waals surface area contributed by atoms with E-state index in [0.717, 1.165) is 29.5 Å². The van der Waals surface area contributed by atoms with Crippen molar-refractivity contribution in [2.75, 3.05) is 14.2 Å². The van der Waals surface area contributed by atoms with E-state index in [1.54, 1.807) is 6.07 Å².